The summed E-state index contributed by atoms with van der Waals surface area (Å²) < 4.78 is 34.0. The fraction of sp³-hybridized carbons (Fsp3) is 1.00. The van der Waals surface area contributed by atoms with Crippen molar-refractivity contribution in [3.05, 3.63) is 0 Å². The summed E-state index contributed by atoms with van der Waals surface area (Å²) in [6.45, 7) is 0. The van der Waals surface area contributed by atoms with E-state index < -0.39 is 17.9 Å². The molecule has 0 aromatic heterocycles. The molecule has 0 fully saturated rings. The van der Waals surface area contributed by atoms with Crippen molar-refractivity contribution >= 4 is 28.2 Å². The van der Waals surface area contributed by atoms with Crippen LogP contribution in [0.4, 0.5) is 0 Å². The Morgan fingerprint density at radius 2 is 1.90 bits per heavy atom. The number of phosphoric acid groups is 1. The van der Waals surface area contributed by atoms with Gasteiger partial charge in [0.1, 0.15) is 0 Å². The van der Waals surface area contributed by atoms with E-state index in [0.29, 0.717) is 0 Å². The summed E-state index contributed by atoms with van der Waals surface area (Å²) >= 11 is 0. The van der Waals surface area contributed by atoms with Crippen LogP contribution in [0.2, 0.25) is 0 Å². The summed E-state index contributed by atoms with van der Waals surface area (Å²) in [6.07, 6.45) is 0. The van der Waals surface area contributed by atoms with E-state index in [4.69, 9.17) is 9.79 Å². The van der Waals surface area contributed by atoms with Gasteiger partial charge in [-0.25, -0.2) is 4.57 Å². The fourth-order valence-corrected chi connectivity index (χ4v) is 2.75. The molecule has 0 atom stereocenters. The second kappa shape index (κ2) is 3.12. The van der Waals surface area contributed by atoms with Gasteiger partial charge in [-0.1, -0.05) is 0 Å². The molecule has 0 radical (unpaired) electrons. The van der Waals surface area contributed by atoms with E-state index in [1.54, 1.807) is 0 Å². The van der Waals surface area contributed by atoms with E-state index in [9.17, 15) is 13.0 Å². The van der Waals surface area contributed by atoms with Gasteiger partial charge in [0.2, 0.25) is 0 Å². The quantitative estimate of drug-likeness (QED) is 0.399. The second-order valence-electron chi connectivity index (χ2n) is 1.41. The molecule has 62 valence electrons. The first-order valence-electron chi connectivity index (χ1n) is 2.26. The summed E-state index contributed by atoms with van der Waals surface area (Å²) in [5.74, 6) is 0. The standard InChI is InChI=1S/CH7O6PSSi/c2-8(3,4)7-9(5,6)1-10/h1H2,10H3,(H2,2,3,4). The van der Waals surface area contributed by atoms with Crippen LogP contribution in [0.5, 0.6) is 0 Å². The topological polar surface area (TPSA) is 101 Å². The molecular formula is CH7O6PSSi. The Bertz CT molecular complexity index is 236. The third kappa shape index (κ3) is 5.09. The molecule has 0 spiro atoms. The molecule has 0 aliphatic heterocycles. The van der Waals surface area contributed by atoms with E-state index in [2.05, 4.69) is 3.97 Å². The first kappa shape index (κ1) is 10.3. The van der Waals surface area contributed by atoms with Crippen LogP contribution < -0.4 is 0 Å². The zero-order chi connectivity index (χ0) is 8.41. The van der Waals surface area contributed by atoms with Crippen LogP contribution in [0.25, 0.3) is 0 Å². The molecule has 0 rings (SSSR count). The summed E-state index contributed by atoms with van der Waals surface area (Å²) in [5.41, 5.74) is 0. The Balaban J connectivity index is 4.33. The largest absolute Gasteiger partial charge is 0.484 e. The van der Waals surface area contributed by atoms with Crippen molar-refractivity contribution in [1.82, 2.24) is 0 Å². The molecule has 0 amide bonds. The highest BCUT2D eigenvalue weighted by molar-refractivity contribution is 7.91. The van der Waals surface area contributed by atoms with Crippen molar-refractivity contribution in [2.24, 2.45) is 0 Å². The van der Waals surface area contributed by atoms with Gasteiger partial charge in [0.15, 0.2) is 0 Å². The van der Waals surface area contributed by atoms with Gasteiger partial charge in [-0.15, -0.1) is 0 Å². The van der Waals surface area contributed by atoms with Gasteiger partial charge in [0.25, 0.3) is 10.1 Å². The van der Waals surface area contributed by atoms with Gasteiger partial charge in [0.05, 0.1) is 5.38 Å². The summed E-state index contributed by atoms with van der Waals surface area (Å²) in [4.78, 5) is 16.0. The van der Waals surface area contributed by atoms with E-state index in [0.717, 1.165) is 0 Å². The van der Waals surface area contributed by atoms with Crippen LogP contribution in [-0.4, -0.2) is 33.8 Å². The molecule has 0 aromatic rings. The lowest BCUT2D eigenvalue weighted by Crippen LogP contribution is -2.08. The van der Waals surface area contributed by atoms with Crippen LogP contribution in [0.15, 0.2) is 0 Å². The number of hydrogen-bond donors (Lipinski definition) is 2. The third-order valence-electron chi connectivity index (χ3n) is 0.564. The average Bonchev–Trinajstić information content (AvgIpc) is 1.60. The van der Waals surface area contributed by atoms with Gasteiger partial charge in [-0.3, -0.25) is 0 Å². The monoisotopic (exact) mass is 206 g/mol. The van der Waals surface area contributed by atoms with Gasteiger partial charge in [-0.2, -0.15) is 12.4 Å². The third-order valence-corrected chi connectivity index (χ3v) is 5.08. The van der Waals surface area contributed by atoms with E-state index in [-0.39, 0.29) is 15.6 Å². The summed E-state index contributed by atoms with van der Waals surface area (Å²) in [7, 11) is -8.56. The predicted molar refractivity (Wildman–Crippen MR) is 36.9 cm³/mol. The first-order valence-corrected chi connectivity index (χ1v) is 6.78. The molecule has 0 aromatic carbocycles. The van der Waals surface area contributed by atoms with E-state index in [1.165, 1.54) is 0 Å². The predicted octanol–water partition coefficient (Wildman–Crippen LogP) is -2.25. The van der Waals surface area contributed by atoms with Crippen molar-refractivity contribution in [2.75, 3.05) is 5.38 Å². The van der Waals surface area contributed by atoms with Gasteiger partial charge in [-0.05, 0) is 0 Å². The lowest BCUT2D eigenvalue weighted by molar-refractivity contribution is 0.286. The molecule has 0 unspecified atom stereocenters. The Morgan fingerprint density at radius 3 is 2.00 bits per heavy atom. The van der Waals surface area contributed by atoms with Gasteiger partial charge in [0, 0.05) is 10.2 Å². The van der Waals surface area contributed by atoms with Crippen molar-refractivity contribution in [3.63, 3.8) is 0 Å². The minimum atomic E-state index is -4.87. The van der Waals surface area contributed by atoms with Crippen molar-refractivity contribution in [2.45, 2.75) is 0 Å². The Morgan fingerprint density at radius 1 is 1.50 bits per heavy atom. The normalized spacial score (nSPS) is 13.8. The number of rotatable bonds is 3. The minimum Gasteiger partial charge on any atom is -0.302 e. The van der Waals surface area contributed by atoms with Crippen LogP contribution >= 0.6 is 7.82 Å². The van der Waals surface area contributed by atoms with Crippen molar-refractivity contribution < 1.29 is 26.7 Å². The van der Waals surface area contributed by atoms with Crippen LogP contribution in [-0.2, 0) is 18.7 Å². The molecule has 0 bridgehead atoms. The Hall–Kier alpha value is 0.277. The maximum absolute atomic E-state index is 10.3. The second-order valence-corrected chi connectivity index (χ2v) is 6.41. The zero-order valence-corrected chi connectivity index (χ0v) is 8.80. The van der Waals surface area contributed by atoms with Crippen LogP contribution in [0, 0.1) is 0 Å². The molecule has 0 aliphatic rings. The lowest BCUT2D eigenvalue weighted by atomic mass is 11.9. The van der Waals surface area contributed by atoms with Crippen molar-refractivity contribution in [1.29, 1.82) is 0 Å². The lowest BCUT2D eigenvalue weighted by Gasteiger charge is -2.01. The summed E-state index contributed by atoms with van der Waals surface area (Å²) in [6, 6.07) is 0. The molecule has 2 N–H and O–H groups in total. The minimum absolute atomic E-state index is 0.284. The Kier molecular flexibility index (Phi) is 3.20. The highest BCUT2D eigenvalue weighted by Gasteiger charge is 2.23. The first-order chi connectivity index (χ1) is 4.27. The highest BCUT2D eigenvalue weighted by atomic mass is 32.2. The zero-order valence-electron chi connectivity index (χ0n) is 5.09. The van der Waals surface area contributed by atoms with Gasteiger partial charge >= 0.3 is 7.82 Å². The maximum atomic E-state index is 10.3. The average molecular weight is 206 g/mol. The smallest absolute Gasteiger partial charge is 0.302 e. The van der Waals surface area contributed by atoms with E-state index in [1.807, 2.05) is 0 Å². The Labute approximate surface area is 61.0 Å². The molecule has 0 saturated heterocycles. The molecular weight excluding hydrogens is 199 g/mol. The fourth-order valence-electron chi connectivity index (χ4n) is 0.201. The van der Waals surface area contributed by atoms with Crippen LogP contribution in [0.1, 0.15) is 0 Å². The maximum Gasteiger partial charge on any atom is 0.484 e. The SMILES string of the molecule is O=P(O)(O)OS(=O)(=O)C[SiH3]. The molecule has 10 heavy (non-hydrogen) atoms. The molecule has 6 nitrogen and oxygen atoms in total. The van der Waals surface area contributed by atoms with E-state index >= 15 is 0 Å². The van der Waals surface area contributed by atoms with Crippen LogP contribution in [0.3, 0.4) is 0 Å². The molecule has 9 heteroatoms. The molecule has 0 heterocycles. The van der Waals surface area contributed by atoms with Gasteiger partial charge < -0.3 is 9.79 Å². The van der Waals surface area contributed by atoms with Crippen molar-refractivity contribution in [3.8, 4) is 0 Å². The molecule has 0 saturated carbocycles. The molecule has 0 aliphatic carbocycles. The summed E-state index contributed by atoms with van der Waals surface area (Å²) in [5, 5.41) is -0.321. The number of hydrogen-bond acceptors (Lipinski definition) is 4. The highest BCUT2D eigenvalue weighted by Crippen LogP contribution is 2.37.